The van der Waals surface area contributed by atoms with E-state index >= 15 is 0 Å². The molecule has 1 aromatic heterocycles. The maximum absolute atomic E-state index is 9.91. The van der Waals surface area contributed by atoms with Crippen LogP contribution in [0.5, 0.6) is 0 Å². The number of aliphatic hydroxyl groups excluding tert-OH is 1. The monoisotopic (exact) mass is 215 g/mol. The van der Waals surface area contributed by atoms with Crippen LogP contribution in [0.1, 0.15) is 11.8 Å². The van der Waals surface area contributed by atoms with Gasteiger partial charge in [-0.1, -0.05) is 24.3 Å². The molecule has 16 heavy (non-hydrogen) atoms. The van der Waals surface area contributed by atoms with Crippen LogP contribution in [0.15, 0.2) is 36.4 Å². The fourth-order valence-electron chi connectivity index (χ4n) is 1.66. The van der Waals surface area contributed by atoms with Gasteiger partial charge in [0, 0.05) is 19.0 Å². The molecule has 0 saturated heterocycles. The fraction of sp³-hybridized carbons (Fsp3) is 0.231. The summed E-state index contributed by atoms with van der Waals surface area (Å²) >= 11 is 0. The van der Waals surface area contributed by atoms with Crippen molar-refractivity contribution in [3.63, 3.8) is 0 Å². The Kier molecular flexibility index (Phi) is 3.17. The molecule has 0 aliphatic rings. The molecule has 2 rings (SSSR count). The first-order valence-corrected chi connectivity index (χ1v) is 5.22. The zero-order chi connectivity index (χ0) is 11.5. The second-order valence-corrected chi connectivity index (χ2v) is 3.98. The minimum absolute atomic E-state index is 0.478. The molecule has 0 aliphatic carbocycles. The molecule has 0 aliphatic heterocycles. The Labute approximate surface area is 95.3 Å². The van der Waals surface area contributed by atoms with Gasteiger partial charge in [0.15, 0.2) is 0 Å². The standard InChI is InChI=1S/C13H15N2O/c1-15(2)9-13(16)12-8-7-10-5-3-4-6-11(10)14-12/h3-8,13,16H,1,9H2,2H3. The van der Waals surface area contributed by atoms with Gasteiger partial charge in [-0.3, -0.25) is 4.98 Å². The average molecular weight is 215 g/mol. The lowest BCUT2D eigenvalue weighted by molar-refractivity contribution is 0.141. The largest absolute Gasteiger partial charge is 0.385 e. The summed E-state index contributed by atoms with van der Waals surface area (Å²) in [4.78, 5) is 6.12. The molecule has 0 spiro atoms. The minimum atomic E-state index is -0.591. The van der Waals surface area contributed by atoms with Crippen LogP contribution >= 0.6 is 0 Å². The molecule has 3 heteroatoms. The maximum Gasteiger partial charge on any atom is 0.109 e. The Morgan fingerprint density at radius 2 is 2.06 bits per heavy atom. The molecule has 0 fully saturated rings. The van der Waals surface area contributed by atoms with Crippen molar-refractivity contribution in [1.29, 1.82) is 0 Å². The Bertz CT molecular complexity index is 482. The molecule has 1 unspecified atom stereocenters. The van der Waals surface area contributed by atoms with Gasteiger partial charge in [-0.15, -0.1) is 0 Å². The van der Waals surface area contributed by atoms with E-state index in [0.717, 1.165) is 10.9 Å². The number of fused-ring (bicyclic) bond motifs is 1. The molecule has 0 saturated carbocycles. The van der Waals surface area contributed by atoms with E-state index in [9.17, 15) is 5.11 Å². The van der Waals surface area contributed by atoms with Crippen LogP contribution in [0, 0.1) is 7.05 Å². The second kappa shape index (κ2) is 4.60. The average Bonchev–Trinajstić information content (AvgIpc) is 2.27. The maximum atomic E-state index is 9.91. The zero-order valence-corrected chi connectivity index (χ0v) is 9.30. The number of aromatic nitrogens is 1. The number of aliphatic hydroxyl groups is 1. The quantitative estimate of drug-likeness (QED) is 0.850. The molecular weight excluding hydrogens is 200 g/mol. The van der Waals surface area contributed by atoms with E-state index in [1.165, 1.54) is 0 Å². The van der Waals surface area contributed by atoms with E-state index in [1.807, 2.05) is 43.4 Å². The van der Waals surface area contributed by atoms with Crippen LogP contribution in [0.3, 0.4) is 0 Å². The van der Waals surface area contributed by atoms with Crippen molar-refractivity contribution in [2.75, 3.05) is 13.6 Å². The van der Waals surface area contributed by atoms with Crippen molar-refractivity contribution in [2.24, 2.45) is 0 Å². The smallest absolute Gasteiger partial charge is 0.109 e. The van der Waals surface area contributed by atoms with Crippen molar-refractivity contribution < 1.29 is 5.11 Å². The summed E-state index contributed by atoms with van der Waals surface area (Å²) in [6.45, 7) is 0.478. The van der Waals surface area contributed by atoms with Crippen LogP contribution in [0.2, 0.25) is 0 Å². The molecule has 83 valence electrons. The number of para-hydroxylation sites is 1. The molecular formula is C13H15N2O. The zero-order valence-electron chi connectivity index (χ0n) is 9.30. The Balaban J connectivity index is 2.32. The summed E-state index contributed by atoms with van der Waals surface area (Å²) in [5.74, 6) is 0. The topological polar surface area (TPSA) is 36.4 Å². The van der Waals surface area contributed by atoms with E-state index in [0.29, 0.717) is 12.2 Å². The molecule has 3 nitrogen and oxygen atoms in total. The summed E-state index contributed by atoms with van der Waals surface area (Å²) in [6, 6.07) is 11.7. The van der Waals surface area contributed by atoms with Gasteiger partial charge in [-0.2, -0.15) is 0 Å². The highest BCUT2D eigenvalue weighted by Gasteiger charge is 2.10. The SMILES string of the molecule is [CH2]N(C)CC(O)c1ccc2ccccc2n1. The third-order valence-electron chi connectivity index (χ3n) is 2.45. The molecule has 0 bridgehead atoms. The van der Waals surface area contributed by atoms with Crippen molar-refractivity contribution in [3.05, 3.63) is 49.1 Å². The highest BCUT2D eigenvalue weighted by atomic mass is 16.3. The molecule has 1 aromatic carbocycles. The normalized spacial score (nSPS) is 13.2. The van der Waals surface area contributed by atoms with Gasteiger partial charge in [0.1, 0.15) is 6.10 Å². The lowest BCUT2D eigenvalue weighted by Crippen LogP contribution is -2.18. The summed E-state index contributed by atoms with van der Waals surface area (Å²) in [7, 11) is 5.54. The van der Waals surface area contributed by atoms with Crippen molar-refractivity contribution in [2.45, 2.75) is 6.10 Å². The van der Waals surface area contributed by atoms with E-state index in [-0.39, 0.29) is 0 Å². The third-order valence-corrected chi connectivity index (χ3v) is 2.45. The molecule has 0 amide bonds. The van der Waals surface area contributed by atoms with Gasteiger partial charge in [0.2, 0.25) is 0 Å². The molecule has 1 heterocycles. The Morgan fingerprint density at radius 3 is 2.81 bits per heavy atom. The second-order valence-electron chi connectivity index (χ2n) is 3.98. The van der Waals surface area contributed by atoms with Crippen LogP contribution in [0.25, 0.3) is 10.9 Å². The molecule has 1 radical (unpaired) electrons. The van der Waals surface area contributed by atoms with E-state index in [2.05, 4.69) is 12.0 Å². The molecule has 1 atom stereocenters. The number of rotatable bonds is 3. The highest BCUT2D eigenvalue weighted by molar-refractivity contribution is 5.78. The van der Waals surface area contributed by atoms with Crippen LogP contribution in [-0.4, -0.2) is 28.6 Å². The predicted octanol–water partition coefficient (Wildman–Crippen LogP) is 1.99. The van der Waals surface area contributed by atoms with E-state index in [4.69, 9.17) is 0 Å². The first kappa shape index (κ1) is 11.0. The van der Waals surface area contributed by atoms with Gasteiger partial charge >= 0.3 is 0 Å². The highest BCUT2D eigenvalue weighted by Crippen LogP contribution is 2.16. The number of pyridine rings is 1. The Morgan fingerprint density at radius 1 is 1.31 bits per heavy atom. The van der Waals surface area contributed by atoms with Gasteiger partial charge in [-0.25, -0.2) is 0 Å². The molecule has 1 N–H and O–H groups in total. The van der Waals surface area contributed by atoms with Crippen LogP contribution in [0.4, 0.5) is 0 Å². The number of benzene rings is 1. The summed E-state index contributed by atoms with van der Waals surface area (Å²) in [6.07, 6.45) is -0.591. The predicted molar refractivity (Wildman–Crippen MR) is 64.7 cm³/mol. The molecule has 2 aromatic rings. The van der Waals surface area contributed by atoms with Gasteiger partial charge in [0.05, 0.1) is 11.2 Å². The first-order valence-electron chi connectivity index (χ1n) is 5.22. The number of likely N-dealkylation sites (N-methyl/N-ethyl adjacent to an activating group) is 1. The summed E-state index contributed by atoms with van der Waals surface area (Å²) in [5, 5.41) is 11.0. The van der Waals surface area contributed by atoms with E-state index < -0.39 is 6.10 Å². The van der Waals surface area contributed by atoms with Crippen molar-refractivity contribution in [3.8, 4) is 0 Å². The third kappa shape index (κ3) is 2.38. The van der Waals surface area contributed by atoms with Crippen molar-refractivity contribution in [1.82, 2.24) is 9.88 Å². The van der Waals surface area contributed by atoms with Crippen LogP contribution < -0.4 is 0 Å². The van der Waals surface area contributed by atoms with Gasteiger partial charge < -0.3 is 10.0 Å². The number of nitrogens with zero attached hydrogens (tertiary/aromatic N) is 2. The lowest BCUT2D eigenvalue weighted by atomic mass is 10.1. The van der Waals surface area contributed by atoms with Crippen molar-refractivity contribution >= 4 is 10.9 Å². The fourth-order valence-corrected chi connectivity index (χ4v) is 1.66. The Hall–Kier alpha value is -1.45. The van der Waals surface area contributed by atoms with E-state index in [1.54, 1.807) is 4.90 Å². The van der Waals surface area contributed by atoms with Gasteiger partial charge in [-0.05, 0) is 19.2 Å². The van der Waals surface area contributed by atoms with Gasteiger partial charge in [0.25, 0.3) is 0 Å². The first-order chi connectivity index (χ1) is 7.66. The number of hydrogen-bond donors (Lipinski definition) is 1. The summed E-state index contributed by atoms with van der Waals surface area (Å²) < 4.78 is 0. The number of hydrogen-bond acceptors (Lipinski definition) is 3. The minimum Gasteiger partial charge on any atom is -0.385 e. The lowest BCUT2D eigenvalue weighted by Gasteiger charge is -2.15. The van der Waals surface area contributed by atoms with Crippen LogP contribution in [-0.2, 0) is 0 Å². The summed E-state index contributed by atoms with van der Waals surface area (Å²) in [5.41, 5.74) is 1.60.